The molecule has 3 aromatic rings. The molecule has 1 aromatic carbocycles. The summed E-state index contributed by atoms with van der Waals surface area (Å²) in [5, 5.41) is 5.67. The molecule has 108 valence electrons. The van der Waals surface area contributed by atoms with Crippen LogP contribution in [0.4, 0.5) is 5.82 Å². The van der Waals surface area contributed by atoms with Crippen LogP contribution in [0.3, 0.4) is 0 Å². The number of nitrogens with zero attached hydrogens (tertiary/aromatic N) is 3. The van der Waals surface area contributed by atoms with E-state index in [1.165, 1.54) is 5.56 Å². The van der Waals surface area contributed by atoms with Gasteiger partial charge in [-0.25, -0.2) is 4.98 Å². The lowest BCUT2D eigenvalue weighted by Gasteiger charge is -2.04. The van der Waals surface area contributed by atoms with E-state index < -0.39 is 0 Å². The molecule has 0 aliphatic carbocycles. The first-order chi connectivity index (χ1) is 9.97. The summed E-state index contributed by atoms with van der Waals surface area (Å²) < 4.78 is 1.74. The van der Waals surface area contributed by atoms with E-state index in [1.807, 2.05) is 27.0 Å². The maximum absolute atomic E-state index is 6.26. The van der Waals surface area contributed by atoms with Crippen LogP contribution in [-0.2, 0) is 7.05 Å². The summed E-state index contributed by atoms with van der Waals surface area (Å²) >= 11 is 1.66. The first-order valence-electron chi connectivity index (χ1n) is 6.81. The van der Waals surface area contributed by atoms with Crippen LogP contribution in [0.15, 0.2) is 24.3 Å². The molecule has 5 heteroatoms. The second-order valence-electron chi connectivity index (χ2n) is 5.25. The Balaban J connectivity index is 2.28. The minimum Gasteiger partial charge on any atom is -0.383 e. The Kier molecular flexibility index (Phi) is 3.29. The van der Waals surface area contributed by atoms with Gasteiger partial charge in [0.15, 0.2) is 0 Å². The molecule has 0 aliphatic rings. The fourth-order valence-corrected chi connectivity index (χ4v) is 3.44. The van der Waals surface area contributed by atoms with Gasteiger partial charge in [-0.05, 0) is 26.3 Å². The van der Waals surface area contributed by atoms with Gasteiger partial charge in [-0.2, -0.15) is 5.10 Å². The number of nitrogens with two attached hydrogens (primary N) is 1. The lowest BCUT2D eigenvalue weighted by Crippen LogP contribution is -1.98. The van der Waals surface area contributed by atoms with Crippen LogP contribution in [0.25, 0.3) is 21.7 Å². The van der Waals surface area contributed by atoms with E-state index in [0.717, 1.165) is 32.4 Å². The molecule has 4 nitrogen and oxygen atoms in total. The lowest BCUT2D eigenvalue weighted by atomic mass is 10.0. The van der Waals surface area contributed by atoms with Crippen molar-refractivity contribution in [3.63, 3.8) is 0 Å². The summed E-state index contributed by atoms with van der Waals surface area (Å²) in [6.07, 6.45) is 0. The zero-order chi connectivity index (χ0) is 15.1. The monoisotopic (exact) mass is 298 g/mol. The van der Waals surface area contributed by atoms with Crippen LogP contribution in [0.1, 0.15) is 16.3 Å². The number of nitrogen functional groups attached to an aromatic ring is 1. The van der Waals surface area contributed by atoms with Crippen molar-refractivity contribution < 1.29 is 0 Å². The number of anilines is 1. The summed E-state index contributed by atoms with van der Waals surface area (Å²) in [7, 11) is 1.88. The molecule has 0 atom stereocenters. The maximum Gasteiger partial charge on any atom is 0.129 e. The van der Waals surface area contributed by atoms with Gasteiger partial charge in [-0.15, -0.1) is 11.3 Å². The highest BCUT2D eigenvalue weighted by atomic mass is 32.1. The average Bonchev–Trinajstić information content (AvgIpc) is 2.90. The van der Waals surface area contributed by atoms with E-state index in [2.05, 4.69) is 35.2 Å². The van der Waals surface area contributed by atoms with Crippen LogP contribution >= 0.6 is 11.3 Å². The van der Waals surface area contributed by atoms with Crippen molar-refractivity contribution in [1.29, 1.82) is 0 Å². The van der Waals surface area contributed by atoms with Crippen molar-refractivity contribution in [2.45, 2.75) is 20.8 Å². The molecule has 0 spiro atoms. The van der Waals surface area contributed by atoms with Crippen LogP contribution in [0, 0.1) is 20.8 Å². The molecule has 0 radical (unpaired) electrons. The standard InChI is InChI=1S/C16H18N4S/c1-9-6-5-7-12(8-9)13-14(19-20(4)16(13)17)15-10(2)18-11(3)21-15/h5-8H,17H2,1-4H3. The number of benzene rings is 1. The first-order valence-corrected chi connectivity index (χ1v) is 7.63. The van der Waals surface area contributed by atoms with Gasteiger partial charge in [0.1, 0.15) is 11.5 Å². The van der Waals surface area contributed by atoms with Crippen LogP contribution in [0.2, 0.25) is 0 Å². The van der Waals surface area contributed by atoms with E-state index in [4.69, 9.17) is 5.73 Å². The molecule has 2 heterocycles. The Hall–Kier alpha value is -2.14. The highest BCUT2D eigenvalue weighted by molar-refractivity contribution is 7.15. The molecule has 0 saturated heterocycles. The third-order valence-corrected chi connectivity index (χ3v) is 4.60. The van der Waals surface area contributed by atoms with Crippen molar-refractivity contribution in [1.82, 2.24) is 14.8 Å². The van der Waals surface area contributed by atoms with E-state index in [1.54, 1.807) is 16.0 Å². The van der Waals surface area contributed by atoms with Gasteiger partial charge in [0.2, 0.25) is 0 Å². The summed E-state index contributed by atoms with van der Waals surface area (Å²) in [6.45, 7) is 6.11. The van der Waals surface area contributed by atoms with Crippen LogP contribution < -0.4 is 5.73 Å². The average molecular weight is 298 g/mol. The molecule has 0 bridgehead atoms. The van der Waals surface area contributed by atoms with Gasteiger partial charge < -0.3 is 5.73 Å². The van der Waals surface area contributed by atoms with E-state index >= 15 is 0 Å². The largest absolute Gasteiger partial charge is 0.383 e. The van der Waals surface area contributed by atoms with E-state index in [-0.39, 0.29) is 0 Å². The summed E-state index contributed by atoms with van der Waals surface area (Å²) in [5.74, 6) is 0.682. The molecule has 0 amide bonds. The molecule has 2 N–H and O–H groups in total. The van der Waals surface area contributed by atoms with Crippen molar-refractivity contribution in [3.05, 3.63) is 40.5 Å². The highest BCUT2D eigenvalue weighted by Gasteiger charge is 2.20. The highest BCUT2D eigenvalue weighted by Crippen LogP contribution is 2.39. The minimum absolute atomic E-state index is 0.682. The lowest BCUT2D eigenvalue weighted by molar-refractivity contribution is 0.782. The predicted molar refractivity (Wildman–Crippen MR) is 88.4 cm³/mol. The number of rotatable bonds is 2. The van der Waals surface area contributed by atoms with Gasteiger partial charge in [-0.3, -0.25) is 4.68 Å². The van der Waals surface area contributed by atoms with E-state index in [9.17, 15) is 0 Å². The number of hydrogen-bond donors (Lipinski definition) is 1. The normalized spacial score (nSPS) is 11.0. The Morgan fingerprint density at radius 1 is 1.19 bits per heavy atom. The Morgan fingerprint density at radius 3 is 2.57 bits per heavy atom. The fraction of sp³-hybridized carbons (Fsp3) is 0.250. The van der Waals surface area contributed by atoms with Gasteiger partial charge in [0.05, 0.1) is 21.1 Å². The fourth-order valence-electron chi connectivity index (χ4n) is 2.53. The molecule has 0 aliphatic heterocycles. The van der Waals surface area contributed by atoms with Gasteiger partial charge >= 0.3 is 0 Å². The predicted octanol–water partition coefficient (Wildman–Crippen LogP) is 3.72. The number of hydrogen-bond acceptors (Lipinski definition) is 4. The zero-order valence-electron chi connectivity index (χ0n) is 12.6. The molecule has 0 unspecified atom stereocenters. The smallest absolute Gasteiger partial charge is 0.129 e. The molecule has 2 aromatic heterocycles. The zero-order valence-corrected chi connectivity index (χ0v) is 13.5. The maximum atomic E-state index is 6.26. The molecule has 0 saturated carbocycles. The third-order valence-electron chi connectivity index (χ3n) is 3.52. The van der Waals surface area contributed by atoms with Crippen LogP contribution in [0.5, 0.6) is 0 Å². The van der Waals surface area contributed by atoms with E-state index in [0.29, 0.717) is 5.82 Å². The Labute approximate surface area is 128 Å². The first kappa shape index (κ1) is 13.8. The van der Waals surface area contributed by atoms with Crippen LogP contribution in [-0.4, -0.2) is 14.8 Å². The topological polar surface area (TPSA) is 56.7 Å². The third kappa shape index (κ3) is 2.34. The number of aromatic nitrogens is 3. The number of aryl methyl sites for hydroxylation is 4. The Morgan fingerprint density at radius 2 is 1.95 bits per heavy atom. The molecule has 0 fully saturated rings. The summed E-state index contributed by atoms with van der Waals surface area (Å²) in [5.41, 5.74) is 11.5. The van der Waals surface area contributed by atoms with Crippen molar-refractivity contribution >= 4 is 17.2 Å². The van der Waals surface area contributed by atoms with Gasteiger partial charge in [-0.1, -0.05) is 29.8 Å². The van der Waals surface area contributed by atoms with Crippen molar-refractivity contribution in [3.8, 4) is 21.7 Å². The molecular weight excluding hydrogens is 280 g/mol. The Bertz CT molecular complexity index is 814. The second kappa shape index (κ2) is 5.00. The van der Waals surface area contributed by atoms with Gasteiger partial charge in [0.25, 0.3) is 0 Å². The van der Waals surface area contributed by atoms with Crippen molar-refractivity contribution in [2.24, 2.45) is 7.05 Å². The van der Waals surface area contributed by atoms with Gasteiger partial charge in [0, 0.05) is 7.05 Å². The second-order valence-corrected chi connectivity index (χ2v) is 6.45. The molecule has 21 heavy (non-hydrogen) atoms. The number of thiazole rings is 1. The quantitative estimate of drug-likeness (QED) is 0.784. The summed E-state index contributed by atoms with van der Waals surface area (Å²) in [4.78, 5) is 5.60. The summed E-state index contributed by atoms with van der Waals surface area (Å²) in [6, 6.07) is 8.34. The minimum atomic E-state index is 0.682. The SMILES string of the molecule is Cc1cccc(-c2c(-c3sc(C)nc3C)nn(C)c2N)c1. The molecule has 3 rings (SSSR count). The van der Waals surface area contributed by atoms with Crippen molar-refractivity contribution in [2.75, 3.05) is 5.73 Å². The molecular formula is C16H18N4S.